The van der Waals surface area contributed by atoms with E-state index in [9.17, 15) is 0 Å². The zero-order valence-electron chi connectivity index (χ0n) is 5.66. The van der Waals surface area contributed by atoms with Crippen molar-refractivity contribution in [2.75, 3.05) is 7.11 Å². The van der Waals surface area contributed by atoms with Crippen LogP contribution in [-0.2, 0) is 4.84 Å². The number of hydrogen-bond acceptors (Lipinski definition) is 3. The van der Waals surface area contributed by atoms with Crippen molar-refractivity contribution in [1.82, 2.24) is 5.64 Å². The van der Waals surface area contributed by atoms with Crippen LogP contribution in [0.15, 0.2) is 24.3 Å². The van der Waals surface area contributed by atoms with Gasteiger partial charge >= 0.3 is 0 Å². The van der Waals surface area contributed by atoms with E-state index in [0.29, 0.717) is 0 Å². The van der Waals surface area contributed by atoms with Crippen LogP contribution in [-0.4, -0.2) is 12.3 Å². The molecule has 2 aliphatic carbocycles. The highest BCUT2D eigenvalue weighted by Gasteiger charge is 1.88. The third-order valence-corrected chi connectivity index (χ3v) is 1.31. The maximum atomic E-state index is 7.40. The van der Waals surface area contributed by atoms with Crippen molar-refractivity contribution in [3.05, 3.63) is 34.7 Å². The topological polar surface area (TPSA) is 41.5 Å². The summed E-state index contributed by atoms with van der Waals surface area (Å²) in [4.78, 5) is 3.85. The fourth-order valence-corrected chi connectivity index (χ4v) is 0.663. The summed E-state index contributed by atoms with van der Waals surface area (Å²) < 4.78 is 0. The zero-order chi connectivity index (χ0) is 7.40. The molecule has 0 aromatic rings. The molecule has 0 saturated carbocycles. The molecule has 3 nitrogen and oxygen atoms in total. The fourth-order valence-electron chi connectivity index (χ4n) is 0.663. The maximum Gasteiger partial charge on any atom is 0.0599 e. The van der Waals surface area contributed by atoms with Gasteiger partial charge in [0, 0.05) is 0 Å². The molecule has 0 aromatic carbocycles. The molecule has 0 unspecified atom stereocenters. The minimum absolute atomic E-state index is 1.32. The van der Waals surface area contributed by atoms with E-state index in [4.69, 9.17) is 5.21 Å². The summed E-state index contributed by atoms with van der Waals surface area (Å²) in [6.45, 7) is 0. The van der Waals surface area contributed by atoms with Crippen LogP contribution in [0.5, 0.6) is 0 Å². The average Bonchev–Trinajstić information content (AvgIpc) is 1.97. The van der Waals surface area contributed by atoms with Crippen molar-refractivity contribution in [2.45, 2.75) is 0 Å². The lowest BCUT2D eigenvalue weighted by Gasteiger charge is -1.95. The molecular formula is C7H9NO2. The second-order valence-electron chi connectivity index (χ2n) is 1.87. The van der Waals surface area contributed by atoms with E-state index in [2.05, 4.69) is 29.1 Å². The third-order valence-electron chi connectivity index (χ3n) is 1.31. The molecule has 0 amide bonds. The monoisotopic (exact) mass is 139 g/mol. The van der Waals surface area contributed by atoms with Gasteiger partial charge in [0.05, 0.1) is 7.11 Å². The number of rotatable bonds is 1. The van der Waals surface area contributed by atoms with Crippen molar-refractivity contribution < 1.29 is 10.0 Å². The molecule has 0 aromatic heterocycles. The average molecular weight is 139 g/mol. The second-order valence-corrected chi connectivity index (χ2v) is 1.87. The number of hydrogen-bond donors (Lipinski definition) is 2. The fraction of sp³-hybridized carbons (Fsp3) is 0.143. The number of nitrogens with one attached hydrogen (secondary N) is 1. The Kier molecular flexibility index (Phi) is 2.39. The molecule has 0 atom stereocenters. The quantitative estimate of drug-likeness (QED) is 0.574. The van der Waals surface area contributed by atoms with Crippen molar-refractivity contribution in [3.8, 4) is 0 Å². The summed E-state index contributed by atoms with van der Waals surface area (Å²) in [6.07, 6.45) is 0. The Labute approximate surface area is 58.5 Å². The molecule has 0 aliphatic heterocycles. The van der Waals surface area contributed by atoms with Gasteiger partial charge < -0.3 is 0 Å². The SMILES string of the molecule is CONO.c1cc2ccc1=2. The molecule has 2 aliphatic rings. The molecule has 0 bridgehead atoms. The van der Waals surface area contributed by atoms with Crippen LogP contribution in [0.1, 0.15) is 0 Å². The van der Waals surface area contributed by atoms with E-state index < -0.39 is 0 Å². The molecule has 0 spiro atoms. The highest BCUT2D eigenvalue weighted by atomic mass is 16.8. The third kappa shape index (κ3) is 1.33. The largest absolute Gasteiger partial charge is 0.292 e. The first kappa shape index (κ1) is 7.21. The zero-order valence-corrected chi connectivity index (χ0v) is 5.66. The molecule has 2 rings (SSSR count). The Morgan fingerprint density at radius 1 is 1.20 bits per heavy atom. The molecule has 3 heteroatoms. The maximum absolute atomic E-state index is 7.40. The normalized spacial score (nSPS) is 9.80. The van der Waals surface area contributed by atoms with Gasteiger partial charge in [-0.25, -0.2) is 0 Å². The lowest BCUT2D eigenvalue weighted by atomic mass is 10.1. The second kappa shape index (κ2) is 3.31. The van der Waals surface area contributed by atoms with Gasteiger partial charge in [0.2, 0.25) is 0 Å². The first-order valence-electron chi connectivity index (χ1n) is 2.91. The van der Waals surface area contributed by atoms with Crippen molar-refractivity contribution in [1.29, 1.82) is 0 Å². The highest BCUT2D eigenvalue weighted by Crippen LogP contribution is 2.04. The van der Waals surface area contributed by atoms with E-state index in [1.807, 2.05) is 0 Å². The van der Waals surface area contributed by atoms with Crippen molar-refractivity contribution in [3.63, 3.8) is 0 Å². The molecular weight excluding hydrogens is 130 g/mol. The lowest BCUT2D eigenvalue weighted by molar-refractivity contribution is -0.101. The summed E-state index contributed by atoms with van der Waals surface area (Å²) in [6, 6.07) is 8.48. The van der Waals surface area contributed by atoms with E-state index in [-0.39, 0.29) is 0 Å². The van der Waals surface area contributed by atoms with Crippen LogP contribution in [0.3, 0.4) is 0 Å². The molecule has 0 saturated heterocycles. The predicted octanol–water partition coefficient (Wildman–Crippen LogP) is 0.814. The summed E-state index contributed by atoms with van der Waals surface area (Å²) in [5.74, 6) is 0. The molecule has 0 radical (unpaired) electrons. The Morgan fingerprint density at radius 2 is 1.50 bits per heavy atom. The molecule has 2 N–H and O–H groups in total. The van der Waals surface area contributed by atoms with Gasteiger partial charge in [-0.2, -0.15) is 0 Å². The standard InChI is InChI=1S/C6H4.CH5NO2/c1-2-6-4-3-5(1)6;1-4-2-3/h1-4H;2-3H,1H3. The predicted molar refractivity (Wildman–Crippen MR) is 36.0 cm³/mol. The van der Waals surface area contributed by atoms with Gasteiger partial charge in [0.25, 0.3) is 0 Å². The highest BCUT2D eigenvalue weighted by molar-refractivity contribution is 5.22. The van der Waals surface area contributed by atoms with Gasteiger partial charge in [-0.1, -0.05) is 29.9 Å². The van der Waals surface area contributed by atoms with Gasteiger partial charge in [-0.3, -0.25) is 10.0 Å². The minimum atomic E-state index is 1.32. The molecule has 10 heavy (non-hydrogen) atoms. The van der Waals surface area contributed by atoms with Gasteiger partial charge in [0.15, 0.2) is 0 Å². The van der Waals surface area contributed by atoms with Gasteiger partial charge in [-0.15, -0.1) is 0 Å². The number of benzene rings is 1. The van der Waals surface area contributed by atoms with Crippen LogP contribution in [0, 0.1) is 10.4 Å². The van der Waals surface area contributed by atoms with Gasteiger partial charge in [-0.05, 0) is 10.4 Å². The van der Waals surface area contributed by atoms with Crippen LogP contribution < -0.4 is 5.64 Å². The molecule has 0 heterocycles. The summed E-state index contributed by atoms with van der Waals surface area (Å²) in [5, 5.41) is 10.3. The van der Waals surface area contributed by atoms with Crippen LogP contribution in [0.25, 0.3) is 0 Å². The van der Waals surface area contributed by atoms with E-state index >= 15 is 0 Å². The first-order valence-corrected chi connectivity index (χ1v) is 2.91. The lowest BCUT2D eigenvalue weighted by Crippen LogP contribution is -2.01. The van der Waals surface area contributed by atoms with Gasteiger partial charge in [0.1, 0.15) is 0 Å². The Morgan fingerprint density at radius 3 is 1.50 bits per heavy atom. The van der Waals surface area contributed by atoms with Crippen molar-refractivity contribution >= 4 is 0 Å². The smallest absolute Gasteiger partial charge is 0.0599 e. The molecule has 54 valence electrons. The summed E-state index contributed by atoms with van der Waals surface area (Å²) in [5.41, 5.74) is 1.43. The van der Waals surface area contributed by atoms with E-state index in [1.54, 1.807) is 0 Å². The minimum Gasteiger partial charge on any atom is -0.292 e. The van der Waals surface area contributed by atoms with E-state index in [1.165, 1.54) is 23.2 Å². The van der Waals surface area contributed by atoms with Crippen LogP contribution >= 0.6 is 0 Å². The Balaban J connectivity index is 0.000000112. The Bertz CT molecular complexity index is 232. The van der Waals surface area contributed by atoms with Crippen LogP contribution in [0.2, 0.25) is 0 Å². The summed E-state index contributed by atoms with van der Waals surface area (Å²) >= 11 is 0. The van der Waals surface area contributed by atoms with E-state index in [0.717, 1.165) is 0 Å². The van der Waals surface area contributed by atoms with Crippen LogP contribution in [0.4, 0.5) is 0 Å². The first-order chi connectivity index (χ1) is 4.88. The van der Waals surface area contributed by atoms with Crippen molar-refractivity contribution in [2.24, 2.45) is 0 Å². The Hall–Kier alpha value is -0.900. The summed E-state index contributed by atoms with van der Waals surface area (Å²) in [7, 11) is 1.32. The molecule has 0 fully saturated rings.